The number of pyridine rings is 1. The standard InChI is InChI=1S/C16H16FNO2/c1-2-20-16(19)11-14(15-5-3-4-10-18-15)12-6-8-13(17)9-7-12/h3-10,14H,2,11H2,1H3. The second kappa shape index (κ2) is 6.80. The lowest BCUT2D eigenvalue weighted by Crippen LogP contribution is -2.12. The van der Waals surface area contributed by atoms with Crippen molar-refractivity contribution in [3.63, 3.8) is 0 Å². The highest BCUT2D eigenvalue weighted by molar-refractivity contribution is 5.71. The molecule has 1 aromatic heterocycles. The minimum atomic E-state index is -0.301. The summed E-state index contributed by atoms with van der Waals surface area (Å²) in [4.78, 5) is 16.0. The van der Waals surface area contributed by atoms with Crippen molar-refractivity contribution in [1.82, 2.24) is 4.98 Å². The van der Waals surface area contributed by atoms with Gasteiger partial charge in [0.2, 0.25) is 0 Å². The van der Waals surface area contributed by atoms with Crippen LogP contribution in [0.2, 0.25) is 0 Å². The molecule has 1 heterocycles. The normalized spacial score (nSPS) is 11.9. The molecule has 104 valence electrons. The second-order valence-electron chi connectivity index (χ2n) is 4.37. The number of hydrogen-bond donors (Lipinski definition) is 0. The van der Waals surface area contributed by atoms with Crippen LogP contribution in [0.15, 0.2) is 48.7 Å². The molecule has 0 saturated heterocycles. The summed E-state index contributed by atoms with van der Waals surface area (Å²) < 4.78 is 18.0. The minimum Gasteiger partial charge on any atom is -0.466 e. The van der Waals surface area contributed by atoms with Gasteiger partial charge in [0, 0.05) is 17.8 Å². The highest BCUT2D eigenvalue weighted by Crippen LogP contribution is 2.27. The SMILES string of the molecule is CCOC(=O)CC(c1ccc(F)cc1)c1ccccn1. The van der Waals surface area contributed by atoms with Crippen molar-refractivity contribution in [3.8, 4) is 0 Å². The fraction of sp³-hybridized carbons (Fsp3) is 0.250. The van der Waals surface area contributed by atoms with Crippen LogP contribution >= 0.6 is 0 Å². The smallest absolute Gasteiger partial charge is 0.306 e. The van der Waals surface area contributed by atoms with Crippen molar-refractivity contribution in [2.75, 3.05) is 6.61 Å². The van der Waals surface area contributed by atoms with E-state index in [0.29, 0.717) is 6.61 Å². The Morgan fingerprint density at radius 3 is 2.60 bits per heavy atom. The molecule has 20 heavy (non-hydrogen) atoms. The predicted octanol–water partition coefficient (Wildman–Crippen LogP) is 3.31. The topological polar surface area (TPSA) is 39.2 Å². The molecule has 0 aliphatic carbocycles. The second-order valence-corrected chi connectivity index (χ2v) is 4.37. The number of benzene rings is 1. The summed E-state index contributed by atoms with van der Waals surface area (Å²) in [6, 6.07) is 11.7. The van der Waals surface area contributed by atoms with Crippen molar-refractivity contribution in [3.05, 3.63) is 65.7 Å². The molecule has 0 amide bonds. The maximum Gasteiger partial charge on any atom is 0.306 e. The van der Waals surface area contributed by atoms with Gasteiger partial charge in [0.05, 0.1) is 13.0 Å². The molecule has 1 unspecified atom stereocenters. The van der Waals surface area contributed by atoms with Crippen LogP contribution in [0.25, 0.3) is 0 Å². The number of aromatic nitrogens is 1. The fourth-order valence-electron chi connectivity index (χ4n) is 2.06. The highest BCUT2D eigenvalue weighted by Gasteiger charge is 2.20. The van der Waals surface area contributed by atoms with Crippen LogP contribution in [0.4, 0.5) is 4.39 Å². The Balaban J connectivity index is 2.29. The van der Waals surface area contributed by atoms with E-state index in [9.17, 15) is 9.18 Å². The lowest BCUT2D eigenvalue weighted by atomic mass is 9.92. The molecule has 0 bridgehead atoms. The Hall–Kier alpha value is -2.23. The third-order valence-corrected chi connectivity index (χ3v) is 2.99. The first-order valence-electron chi connectivity index (χ1n) is 6.52. The van der Waals surface area contributed by atoms with Gasteiger partial charge < -0.3 is 4.74 Å². The molecule has 2 rings (SSSR count). The summed E-state index contributed by atoms with van der Waals surface area (Å²) in [6.07, 6.45) is 1.87. The quantitative estimate of drug-likeness (QED) is 0.785. The number of ether oxygens (including phenoxy) is 1. The van der Waals surface area contributed by atoms with Crippen LogP contribution in [0.3, 0.4) is 0 Å². The van der Waals surface area contributed by atoms with E-state index < -0.39 is 0 Å². The van der Waals surface area contributed by atoms with E-state index in [1.807, 2.05) is 18.2 Å². The third-order valence-electron chi connectivity index (χ3n) is 2.99. The average molecular weight is 273 g/mol. The zero-order valence-corrected chi connectivity index (χ0v) is 11.3. The number of nitrogens with zero attached hydrogens (tertiary/aromatic N) is 1. The molecule has 2 aromatic rings. The van der Waals surface area contributed by atoms with Gasteiger partial charge >= 0.3 is 5.97 Å². The number of carbonyl (C=O) groups is 1. The van der Waals surface area contributed by atoms with Crippen LogP contribution in [0, 0.1) is 5.82 Å². The molecular weight excluding hydrogens is 257 g/mol. The Morgan fingerprint density at radius 2 is 2.00 bits per heavy atom. The largest absolute Gasteiger partial charge is 0.466 e. The fourth-order valence-corrected chi connectivity index (χ4v) is 2.06. The van der Waals surface area contributed by atoms with Crippen molar-refractivity contribution in [2.45, 2.75) is 19.3 Å². The zero-order chi connectivity index (χ0) is 14.4. The van der Waals surface area contributed by atoms with Gasteiger partial charge in [-0.05, 0) is 36.8 Å². The molecule has 0 radical (unpaired) electrons. The number of hydrogen-bond acceptors (Lipinski definition) is 3. The average Bonchev–Trinajstić information content (AvgIpc) is 2.47. The number of halogens is 1. The molecule has 4 heteroatoms. The molecule has 0 saturated carbocycles. The van der Waals surface area contributed by atoms with Crippen molar-refractivity contribution in [2.24, 2.45) is 0 Å². The highest BCUT2D eigenvalue weighted by atomic mass is 19.1. The van der Waals surface area contributed by atoms with Gasteiger partial charge in [-0.2, -0.15) is 0 Å². The van der Waals surface area contributed by atoms with Crippen LogP contribution in [-0.2, 0) is 9.53 Å². The Morgan fingerprint density at radius 1 is 1.25 bits per heavy atom. The number of carbonyl (C=O) groups excluding carboxylic acids is 1. The lowest BCUT2D eigenvalue weighted by Gasteiger charge is -2.16. The van der Waals surface area contributed by atoms with E-state index in [4.69, 9.17) is 4.74 Å². The summed E-state index contributed by atoms with van der Waals surface area (Å²) in [5.74, 6) is -0.812. The summed E-state index contributed by atoms with van der Waals surface area (Å²) in [5, 5.41) is 0. The summed E-state index contributed by atoms with van der Waals surface area (Å²) in [6.45, 7) is 2.11. The molecule has 0 N–H and O–H groups in total. The van der Waals surface area contributed by atoms with E-state index in [0.717, 1.165) is 11.3 Å². The maximum absolute atomic E-state index is 13.0. The van der Waals surface area contributed by atoms with Gasteiger partial charge in [-0.25, -0.2) is 4.39 Å². The molecule has 0 aliphatic heterocycles. The molecule has 1 aromatic carbocycles. The third kappa shape index (κ3) is 3.63. The lowest BCUT2D eigenvalue weighted by molar-refractivity contribution is -0.143. The monoisotopic (exact) mass is 273 g/mol. The van der Waals surface area contributed by atoms with Gasteiger partial charge in [-0.1, -0.05) is 18.2 Å². The minimum absolute atomic E-state index is 0.191. The predicted molar refractivity (Wildman–Crippen MR) is 73.7 cm³/mol. The Bertz CT molecular complexity index is 554. The molecule has 0 spiro atoms. The molecule has 0 fully saturated rings. The van der Waals surface area contributed by atoms with E-state index in [1.54, 1.807) is 25.3 Å². The summed E-state index contributed by atoms with van der Waals surface area (Å²) >= 11 is 0. The van der Waals surface area contributed by atoms with E-state index in [2.05, 4.69) is 4.98 Å². The molecule has 0 aliphatic rings. The van der Waals surface area contributed by atoms with Gasteiger partial charge in [0.25, 0.3) is 0 Å². The Labute approximate surface area is 117 Å². The number of rotatable bonds is 5. The van der Waals surface area contributed by atoms with Crippen molar-refractivity contribution in [1.29, 1.82) is 0 Å². The summed E-state index contributed by atoms with van der Waals surface area (Å²) in [5.41, 5.74) is 1.62. The van der Waals surface area contributed by atoms with Crippen molar-refractivity contribution < 1.29 is 13.9 Å². The number of esters is 1. The van der Waals surface area contributed by atoms with Gasteiger partial charge in [0.15, 0.2) is 0 Å². The molecular formula is C16H16FNO2. The van der Waals surface area contributed by atoms with E-state index >= 15 is 0 Å². The van der Waals surface area contributed by atoms with Crippen molar-refractivity contribution >= 4 is 5.97 Å². The van der Waals surface area contributed by atoms with Gasteiger partial charge in [-0.15, -0.1) is 0 Å². The van der Waals surface area contributed by atoms with Crippen LogP contribution in [0.1, 0.15) is 30.5 Å². The van der Waals surface area contributed by atoms with Crippen LogP contribution in [0.5, 0.6) is 0 Å². The van der Waals surface area contributed by atoms with E-state index in [-0.39, 0.29) is 24.1 Å². The van der Waals surface area contributed by atoms with Crippen LogP contribution < -0.4 is 0 Å². The summed E-state index contributed by atoms with van der Waals surface area (Å²) in [7, 11) is 0. The molecule has 1 atom stereocenters. The molecule has 3 nitrogen and oxygen atoms in total. The van der Waals surface area contributed by atoms with Crippen LogP contribution in [-0.4, -0.2) is 17.6 Å². The maximum atomic E-state index is 13.0. The first-order chi connectivity index (χ1) is 9.70. The Kier molecular flexibility index (Phi) is 4.82. The first-order valence-corrected chi connectivity index (χ1v) is 6.52. The zero-order valence-electron chi connectivity index (χ0n) is 11.3. The van der Waals surface area contributed by atoms with Gasteiger partial charge in [-0.3, -0.25) is 9.78 Å². The van der Waals surface area contributed by atoms with Gasteiger partial charge in [0.1, 0.15) is 5.82 Å². The van der Waals surface area contributed by atoms with E-state index in [1.165, 1.54) is 12.1 Å². The first kappa shape index (κ1) is 14.2.